The molecule has 2 heteroatoms. The summed E-state index contributed by atoms with van der Waals surface area (Å²) in [6.07, 6.45) is 0.592. The molecular formula is C6H12O2. The van der Waals surface area contributed by atoms with Gasteiger partial charge in [0, 0.05) is 0 Å². The standard InChI is InChI=1S/C6H12O2/c1-4-5(2)6(7)8-3/h5H,4H2,1-3H3/t5-/m1/s1/i3D3. The number of ether oxygens (including phenoxy) is 1. The van der Waals surface area contributed by atoms with Crippen molar-refractivity contribution in [3.63, 3.8) is 0 Å². The summed E-state index contributed by atoms with van der Waals surface area (Å²) in [5.41, 5.74) is 0. The highest BCUT2D eigenvalue weighted by atomic mass is 16.5. The van der Waals surface area contributed by atoms with Crippen LogP contribution in [0.1, 0.15) is 24.4 Å². The molecule has 0 N–H and O–H groups in total. The summed E-state index contributed by atoms with van der Waals surface area (Å²) in [6.45, 7) is 3.43. The lowest BCUT2D eigenvalue weighted by atomic mass is 10.1. The Kier molecular flexibility index (Phi) is 1.51. The SMILES string of the molecule is [2H]C([2H])([2H])OC(=O)[C@H](C)CC. The van der Waals surface area contributed by atoms with Crippen LogP contribution >= 0.6 is 0 Å². The van der Waals surface area contributed by atoms with Crippen LogP contribution in [0.5, 0.6) is 0 Å². The maximum absolute atomic E-state index is 10.8. The number of carbonyl (C=O) groups excluding carboxylic acids is 1. The Morgan fingerprint density at radius 3 is 3.00 bits per heavy atom. The topological polar surface area (TPSA) is 26.3 Å². The van der Waals surface area contributed by atoms with Gasteiger partial charge >= 0.3 is 5.97 Å². The second-order valence-corrected chi connectivity index (χ2v) is 1.73. The van der Waals surface area contributed by atoms with E-state index in [1.807, 2.05) is 0 Å². The van der Waals surface area contributed by atoms with E-state index < -0.39 is 13.0 Å². The molecule has 0 aliphatic carbocycles. The maximum Gasteiger partial charge on any atom is 0.308 e. The van der Waals surface area contributed by atoms with Crippen LogP contribution in [0, 0.1) is 5.92 Å². The van der Waals surface area contributed by atoms with Gasteiger partial charge in [-0.25, -0.2) is 0 Å². The highest BCUT2D eigenvalue weighted by Gasteiger charge is 2.08. The van der Waals surface area contributed by atoms with Crippen molar-refractivity contribution >= 4 is 5.97 Å². The molecule has 0 aromatic heterocycles. The van der Waals surface area contributed by atoms with Crippen molar-refractivity contribution < 1.29 is 13.6 Å². The fraction of sp³-hybridized carbons (Fsp3) is 0.833. The van der Waals surface area contributed by atoms with Gasteiger partial charge in [-0.3, -0.25) is 4.79 Å². The molecule has 0 radical (unpaired) electrons. The van der Waals surface area contributed by atoms with Gasteiger partial charge in [-0.15, -0.1) is 0 Å². The van der Waals surface area contributed by atoms with Gasteiger partial charge < -0.3 is 4.74 Å². The van der Waals surface area contributed by atoms with E-state index in [1.54, 1.807) is 13.8 Å². The normalized spacial score (nSPS) is 20.0. The van der Waals surface area contributed by atoms with Crippen LogP contribution in [0.4, 0.5) is 0 Å². The first-order chi connectivity index (χ1) is 4.87. The number of methoxy groups -OCH3 is 1. The third kappa shape index (κ3) is 1.96. The first-order valence-electron chi connectivity index (χ1n) is 4.09. The maximum atomic E-state index is 10.8. The Balaban J connectivity index is 3.88. The average molecular weight is 119 g/mol. The number of hydrogen-bond acceptors (Lipinski definition) is 2. The molecule has 0 fully saturated rings. The second-order valence-electron chi connectivity index (χ2n) is 1.73. The van der Waals surface area contributed by atoms with Crippen LogP contribution in [-0.2, 0) is 9.53 Å². The summed E-state index contributed by atoms with van der Waals surface area (Å²) >= 11 is 0. The summed E-state index contributed by atoms with van der Waals surface area (Å²) in [5, 5.41) is 0. The van der Waals surface area contributed by atoms with E-state index in [9.17, 15) is 4.79 Å². The number of esters is 1. The second kappa shape index (κ2) is 3.47. The molecule has 0 bridgehead atoms. The van der Waals surface area contributed by atoms with Crippen molar-refractivity contribution in [1.29, 1.82) is 0 Å². The van der Waals surface area contributed by atoms with E-state index in [0.717, 1.165) is 0 Å². The third-order valence-electron chi connectivity index (χ3n) is 1.12. The van der Waals surface area contributed by atoms with Crippen LogP contribution in [0.2, 0.25) is 0 Å². The highest BCUT2D eigenvalue weighted by Crippen LogP contribution is 2.00. The summed E-state index contributed by atoms with van der Waals surface area (Å²) in [4.78, 5) is 10.8. The van der Waals surface area contributed by atoms with Crippen molar-refractivity contribution in [1.82, 2.24) is 0 Å². The van der Waals surface area contributed by atoms with E-state index in [4.69, 9.17) is 4.11 Å². The summed E-state index contributed by atoms with van der Waals surface area (Å²) in [7, 11) is -2.60. The molecule has 0 unspecified atom stereocenters. The molecule has 0 saturated heterocycles. The van der Waals surface area contributed by atoms with E-state index in [1.165, 1.54) is 0 Å². The number of hydrogen-bond donors (Lipinski definition) is 0. The van der Waals surface area contributed by atoms with E-state index in [-0.39, 0.29) is 5.92 Å². The molecule has 48 valence electrons. The first-order valence-corrected chi connectivity index (χ1v) is 2.59. The van der Waals surface area contributed by atoms with Gasteiger partial charge in [0.1, 0.15) is 0 Å². The molecule has 0 heterocycles. The third-order valence-corrected chi connectivity index (χ3v) is 1.12. The van der Waals surface area contributed by atoms with Crippen LogP contribution in [0.3, 0.4) is 0 Å². The van der Waals surface area contributed by atoms with Gasteiger partial charge in [-0.1, -0.05) is 13.8 Å². The number of carbonyl (C=O) groups is 1. The van der Waals surface area contributed by atoms with Gasteiger partial charge in [0.15, 0.2) is 0 Å². The summed E-state index contributed by atoms with van der Waals surface area (Å²) in [6, 6.07) is 0. The molecule has 0 saturated carbocycles. The van der Waals surface area contributed by atoms with E-state index >= 15 is 0 Å². The van der Waals surface area contributed by atoms with E-state index in [2.05, 4.69) is 4.74 Å². The van der Waals surface area contributed by atoms with Crippen LogP contribution in [-0.4, -0.2) is 13.0 Å². The van der Waals surface area contributed by atoms with Crippen molar-refractivity contribution in [2.75, 3.05) is 7.04 Å². The Labute approximate surface area is 54.1 Å². The molecule has 0 aromatic rings. The lowest BCUT2D eigenvalue weighted by Gasteiger charge is -2.02. The molecule has 0 aliphatic heterocycles. The predicted octanol–water partition coefficient (Wildman–Crippen LogP) is 1.21. The van der Waals surface area contributed by atoms with Crippen molar-refractivity contribution in [2.24, 2.45) is 5.92 Å². The van der Waals surface area contributed by atoms with Gasteiger partial charge in [0.05, 0.1) is 17.1 Å². The summed E-state index contributed by atoms with van der Waals surface area (Å²) < 4.78 is 24.0. The Morgan fingerprint density at radius 2 is 2.62 bits per heavy atom. The zero-order chi connectivity index (χ0) is 9.07. The molecular weight excluding hydrogens is 104 g/mol. The Morgan fingerprint density at radius 1 is 2.00 bits per heavy atom. The van der Waals surface area contributed by atoms with Gasteiger partial charge in [-0.2, -0.15) is 0 Å². The Bertz CT molecular complexity index is 141. The van der Waals surface area contributed by atoms with Crippen LogP contribution in [0.25, 0.3) is 0 Å². The number of rotatable bonds is 2. The molecule has 8 heavy (non-hydrogen) atoms. The molecule has 0 aromatic carbocycles. The van der Waals surface area contributed by atoms with Crippen molar-refractivity contribution in [2.45, 2.75) is 20.3 Å². The minimum atomic E-state index is -2.60. The minimum absolute atomic E-state index is 0.338. The molecule has 0 aliphatic rings. The monoisotopic (exact) mass is 119 g/mol. The van der Waals surface area contributed by atoms with Crippen LogP contribution in [0.15, 0.2) is 0 Å². The fourth-order valence-electron chi connectivity index (χ4n) is 0.267. The van der Waals surface area contributed by atoms with Gasteiger partial charge in [0.2, 0.25) is 0 Å². The largest absolute Gasteiger partial charge is 0.469 e. The molecule has 0 amide bonds. The average Bonchev–Trinajstić information content (AvgIpc) is 1.82. The van der Waals surface area contributed by atoms with Gasteiger partial charge in [-0.05, 0) is 6.42 Å². The van der Waals surface area contributed by atoms with Crippen LogP contribution < -0.4 is 0 Å². The molecule has 1 atom stereocenters. The van der Waals surface area contributed by atoms with E-state index in [0.29, 0.717) is 6.42 Å². The quantitative estimate of drug-likeness (QED) is 0.511. The van der Waals surface area contributed by atoms with Gasteiger partial charge in [0.25, 0.3) is 0 Å². The lowest BCUT2D eigenvalue weighted by Crippen LogP contribution is -2.10. The van der Waals surface area contributed by atoms with Crippen molar-refractivity contribution in [3.05, 3.63) is 0 Å². The fourth-order valence-corrected chi connectivity index (χ4v) is 0.267. The lowest BCUT2D eigenvalue weighted by molar-refractivity contribution is -0.144. The smallest absolute Gasteiger partial charge is 0.308 e. The zero-order valence-electron chi connectivity index (χ0n) is 8.10. The zero-order valence-corrected chi connectivity index (χ0v) is 5.10. The highest BCUT2D eigenvalue weighted by molar-refractivity contribution is 5.71. The van der Waals surface area contributed by atoms with Crippen molar-refractivity contribution in [3.8, 4) is 0 Å². The first kappa shape index (κ1) is 3.49. The molecule has 0 rings (SSSR count). The molecule has 0 spiro atoms. The summed E-state index contributed by atoms with van der Waals surface area (Å²) in [5.74, 6) is -0.997. The molecule has 2 nitrogen and oxygen atoms in total. The predicted molar refractivity (Wildman–Crippen MR) is 31.5 cm³/mol. The minimum Gasteiger partial charge on any atom is -0.469 e. The Hall–Kier alpha value is -0.530.